The van der Waals surface area contributed by atoms with E-state index in [4.69, 9.17) is 5.73 Å². The van der Waals surface area contributed by atoms with Crippen LogP contribution in [0.1, 0.15) is 26.7 Å². The summed E-state index contributed by atoms with van der Waals surface area (Å²) in [6.07, 6.45) is 1.86. The van der Waals surface area contributed by atoms with Crippen LogP contribution >= 0.6 is 0 Å². The van der Waals surface area contributed by atoms with Gasteiger partial charge in [0.25, 0.3) is 0 Å². The van der Waals surface area contributed by atoms with Crippen LogP contribution in [0.15, 0.2) is 23.2 Å². The third kappa shape index (κ3) is 3.33. The molecular formula is C15H19FN4O. The topological polar surface area (TPSA) is 84.4 Å². The number of aliphatic imine (C=N–C) groups is 1. The van der Waals surface area contributed by atoms with Crippen LogP contribution < -0.4 is 5.73 Å². The Kier molecular flexibility index (Phi) is 4.80. The largest absolute Gasteiger partial charge is 0.390 e. The van der Waals surface area contributed by atoms with Crippen molar-refractivity contribution in [1.82, 2.24) is 9.97 Å². The molecule has 0 aliphatic rings. The monoisotopic (exact) mass is 290 g/mol. The van der Waals surface area contributed by atoms with Crippen molar-refractivity contribution in [3.8, 4) is 0 Å². The number of fused-ring (bicyclic) bond motifs is 1. The molecule has 0 spiro atoms. The van der Waals surface area contributed by atoms with E-state index in [1.54, 1.807) is 12.1 Å². The van der Waals surface area contributed by atoms with Crippen molar-refractivity contribution < 1.29 is 9.50 Å². The number of benzene rings is 1. The van der Waals surface area contributed by atoms with E-state index in [2.05, 4.69) is 21.9 Å². The van der Waals surface area contributed by atoms with Gasteiger partial charge in [0, 0.05) is 5.71 Å². The summed E-state index contributed by atoms with van der Waals surface area (Å²) in [5.74, 6) is -0.153. The van der Waals surface area contributed by atoms with E-state index >= 15 is 0 Å². The van der Waals surface area contributed by atoms with Gasteiger partial charge in [-0.1, -0.05) is 26.3 Å². The lowest BCUT2D eigenvalue weighted by Gasteiger charge is -2.12. The fourth-order valence-corrected chi connectivity index (χ4v) is 2.26. The van der Waals surface area contributed by atoms with Crippen LogP contribution in [-0.2, 0) is 0 Å². The van der Waals surface area contributed by atoms with Crippen LogP contribution in [0.25, 0.3) is 10.9 Å². The summed E-state index contributed by atoms with van der Waals surface area (Å²) in [4.78, 5) is 12.4. The minimum absolute atomic E-state index is 0.0345. The Morgan fingerprint density at radius 2 is 2.19 bits per heavy atom. The van der Waals surface area contributed by atoms with Gasteiger partial charge in [-0.3, -0.25) is 0 Å². The highest BCUT2D eigenvalue weighted by atomic mass is 19.1. The maximum absolute atomic E-state index is 14.0. The third-order valence-electron chi connectivity index (χ3n) is 3.37. The summed E-state index contributed by atoms with van der Waals surface area (Å²) < 4.78 is 14.0. The van der Waals surface area contributed by atoms with Gasteiger partial charge in [-0.15, -0.1) is 0 Å². The lowest BCUT2D eigenvalue weighted by molar-refractivity contribution is 0.349. The number of aromatic nitrogens is 2. The average molecular weight is 290 g/mol. The van der Waals surface area contributed by atoms with Crippen LogP contribution in [0.2, 0.25) is 0 Å². The van der Waals surface area contributed by atoms with Crippen molar-refractivity contribution in [2.24, 2.45) is 10.9 Å². The third-order valence-corrected chi connectivity index (χ3v) is 3.37. The van der Waals surface area contributed by atoms with Crippen molar-refractivity contribution in [3.05, 3.63) is 24.0 Å². The average Bonchev–Trinajstić information content (AvgIpc) is 2.44. The Hall–Kier alpha value is -2.08. The van der Waals surface area contributed by atoms with Gasteiger partial charge in [0.15, 0.2) is 5.82 Å². The second kappa shape index (κ2) is 6.58. The van der Waals surface area contributed by atoms with Gasteiger partial charge in [0.1, 0.15) is 5.82 Å². The number of nitrogens with zero attached hydrogens (tertiary/aromatic N) is 3. The molecule has 0 saturated carbocycles. The second-order valence-electron chi connectivity index (χ2n) is 4.99. The smallest absolute Gasteiger partial charge is 0.222 e. The van der Waals surface area contributed by atoms with E-state index in [9.17, 15) is 9.50 Å². The maximum Gasteiger partial charge on any atom is 0.222 e. The summed E-state index contributed by atoms with van der Waals surface area (Å²) in [6.45, 7) is 3.84. The predicted octanol–water partition coefficient (Wildman–Crippen LogP) is 2.85. The number of aliphatic hydroxyl groups excluding tert-OH is 1. The molecule has 2 rings (SSSR count). The van der Waals surface area contributed by atoms with E-state index in [0.29, 0.717) is 11.2 Å². The van der Waals surface area contributed by atoms with E-state index in [-0.39, 0.29) is 29.7 Å². The Morgan fingerprint density at radius 3 is 2.86 bits per heavy atom. The van der Waals surface area contributed by atoms with Crippen molar-refractivity contribution in [1.29, 1.82) is 0 Å². The number of nitrogen functional groups attached to an aromatic ring is 1. The van der Waals surface area contributed by atoms with Crippen molar-refractivity contribution in [2.75, 3.05) is 12.3 Å². The molecule has 6 heteroatoms. The molecule has 21 heavy (non-hydrogen) atoms. The maximum atomic E-state index is 14.0. The van der Waals surface area contributed by atoms with Gasteiger partial charge in [-0.05, 0) is 24.5 Å². The zero-order valence-corrected chi connectivity index (χ0v) is 12.2. The zero-order chi connectivity index (χ0) is 15.4. The summed E-state index contributed by atoms with van der Waals surface area (Å²) in [7, 11) is 0. The lowest BCUT2D eigenvalue weighted by atomic mass is 10.0. The molecule has 0 radical (unpaired) electrons. The van der Waals surface area contributed by atoms with E-state index in [1.807, 2.05) is 6.92 Å². The van der Waals surface area contributed by atoms with Crippen LogP contribution in [0, 0.1) is 11.7 Å². The van der Waals surface area contributed by atoms with Gasteiger partial charge in [-0.2, -0.15) is 4.98 Å². The highest BCUT2D eigenvalue weighted by Gasteiger charge is 2.14. The van der Waals surface area contributed by atoms with Crippen molar-refractivity contribution >= 4 is 28.4 Å². The highest BCUT2D eigenvalue weighted by molar-refractivity contribution is 5.95. The molecule has 0 fully saturated rings. The first-order chi connectivity index (χ1) is 10.1. The van der Waals surface area contributed by atoms with Crippen LogP contribution in [-0.4, -0.2) is 27.4 Å². The Labute approximate surface area is 122 Å². The van der Waals surface area contributed by atoms with Gasteiger partial charge in [0.2, 0.25) is 5.95 Å². The normalized spacial score (nSPS) is 13.6. The minimum atomic E-state index is -0.452. The number of aliphatic hydroxyl groups is 1. The molecule has 3 N–H and O–H groups in total. The first-order valence-corrected chi connectivity index (χ1v) is 6.96. The molecule has 112 valence electrons. The molecular weight excluding hydrogens is 271 g/mol. The predicted molar refractivity (Wildman–Crippen MR) is 82.2 cm³/mol. The van der Waals surface area contributed by atoms with Crippen LogP contribution in [0.5, 0.6) is 0 Å². The van der Waals surface area contributed by atoms with Gasteiger partial charge in [0.05, 0.1) is 17.5 Å². The van der Waals surface area contributed by atoms with Gasteiger partial charge in [-0.25, -0.2) is 14.4 Å². The molecule has 0 amide bonds. The molecule has 0 unspecified atom stereocenters. The molecule has 1 heterocycles. The van der Waals surface area contributed by atoms with Gasteiger partial charge < -0.3 is 10.8 Å². The molecule has 5 nitrogen and oxygen atoms in total. The molecule has 1 aromatic carbocycles. The number of rotatable bonds is 5. The van der Waals surface area contributed by atoms with Crippen LogP contribution in [0.3, 0.4) is 0 Å². The quantitative estimate of drug-likeness (QED) is 0.829. The standard InChI is InChI=1S/C15H19FN4O/c1-3-5-9(2)12(8-21)18-14-13-10(16)6-4-7-11(13)19-15(17)20-14/h4,6-7,9,21H,3,5,8H2,1-2H3,(H2,17,19,20)/b18-12-/t9-/m1/s1. The first kappa shape index (κ1) is 15.3. The molecule has 2 aromatic rings. The Balaban J connectivity index is 2.59. The zero-order valence-electron chi connectivity index (χ0n) is 12.2. The lowest BCUT2D eigenvalue weighted by Crippen LogP contribution is -2.15. The molecule has 1 aromatic heterocycles. The summed E-state index contributed by atoms with van der Waals surface area (Å²) >= 11 is 0. The van der Waals surface area contributed by atoms with Crippen molar-refractivity contribution in [3.63, 3.8) is 0 Å². The molecule has 0 aliphatic carbocycles. The number of hydrogen-bond acceptors (Lipinski definition) is 5. The molecule has 0 bridgehead atoms. The number of anilines is 1. The van der Waals surface area contributed by atoms with Crippen molar-refractivity contribution in [2.45, 2.75) is 26.7 Å². The van der Waals surface area contributed by atoms with Gasteiger partial charge >= 0.3 is 0 Å². The molecule has 1 atom stereocenters. The number of halogens is 1. The highest BCUT2D eigenvalue weighted by Crippen LogP contribution is 2.27. The molecule has 0 saturated heterocycles. The second-order valence-corrected chi connectivity index (χ2v) is 4.99. The van der Waals surface area contributed by atoms with Crippen LogP contribution in [0.4, 0.5) is 16.2 Å². The number of hydrogen-bond donors (Lipinski definition) is 2. The summed E-state index contributed by atoms with van der Waals surface area (Å²) in [5, 5.41) is 9.72. The Morgan fingerprint density at radius 1 is 1.43 bits per heavy atom. The minimum Gasteiger partial charge on any atom is -0.390 e. The summed E-state index contributed by atoms with van der Waals surface area (Å²) in [5.41, 5.74) is 6.62. The fourth-order valence-electron chi connectivity index (χ4n) is 2.26. The SMILES string of the molecule is CCC[C@@H](C)/C(CO)=N\c1nc(N)nc2cccc(F)c12. The summed E-state index contributed by atoms with van der Waals surface area (Å²) in [6, 6.07) is 4.54. The number of nitrogens with two attached hydrogens (primary N) is 1. The fraction of sp³-hybridized carbons (Fsp3) is 0.400. The molecule has 0 aliphatic heterocycles. The Bertz CT molecular complexity index is 672. The van der Waals surface area contributed by atoms with E-state index in [0.717, 1.165) is 12.8 Å². The van der Waals surface area contributed by atoms with E-state index in [1.165, 1.54) is 6.07 Å². The van der Waals surface area contributed by atoms with E-state index < -0.39 is 5.82 Å². The first-order valence-electron chi connectivity index (χ1n) is 6.96.